The van der Waals surface area contributed by atoms with E-state index in [2.05, 4.69) is 25.1 Å². The van der Waals surface area contributed by atoms with Gasteiger partial charge in [0.05, 0.1) is 36.2 Å². The third-order valence-electron chi connectivity index (χ3n) is 10.3. The second-order valence-electron chi connectivity index (χ2n) is 12.3. The fourth-order valence-corrected chi connectivity index (χ4v) is 8.10. The number of hydrogen-bond acceptors (Lipinski definition) is 1. The monoisotopic (exact) mass is 576 g/mol. The second-order valence-corrected chi connectivity index (χ2v) is 13.1. The van der Waals surface area contributed by atoms with Crippen LogP contribution in [0.2, 0.25) is 10.0 Å². The molecule has 1 aliphatic carbocycles. The fourth-order valence-electron chi connectivity index (χ4n) is 7.80. The van der Waals surface area contributed by atoms with Gasteiger partial charge in [-0.25, -0.2) is 0 Å². The minimum Gasteiger partial charge on any atom is -1.00 e. The van der Waals surface area contributed by atoms with Gasteiger partial charge in [-0.2, -0.15) is 0 Å². The lowest BCUT2D eigenvalue weighted by Gasteiger charge is -2.58. The molecule has 2 aromatic rings. The van der Waals surface area contributed by atoms with E-state index in [1.165, 1.54) is 87.6 Å². The van der Waals surface area contributed by atoms with Gasteiger partial charge in [0.1, 0.15) is 0 Å². The summed E-state index contributed by atoms with van der Waals surface area (Å²) in [5, 5.41) is 1.18. The first-order valence-corrected chi connectivity index (χ1v) is 15.2. The van der Waals surface area contributed by atoms with Crippen LogP contribution in [-0.2, 0) is 4.79 Å². The highest BCUT2D eigenvalue weighted by atomic mass is 35.5. The summed E-state index contributed by atoms with van der Waals surface area (Å²) in [7, 11) is 0. The molecule has 1 unspecified atom stereocenters. The number of piperidine rings is 3. The average molecular weight is 578 g/mol. The van der Waals surface area contributed by atoms with Crippen LogP contribution in [0.4, 0.5) is 5.69 Å². The van der Waals surface area contributed by atoms with E-state index in [9.17, 15) is 4.79 Å². The van der Waals surface area contributed by atoms with Crippen molar-refractivity contribution in [3.63, 3.8) is 0 Å². The Balaban J connectivity index is 0.00000336. The van der Waals surface area contributed by atoms with Crippen LogP contribution in [-0.4, -0.2) is 43.1 Å². The predicted molar refractivity (Wildman–Crippen MR) is 156 cm³/mol. The van der Waals surface area contributed by atoms with Crippen molar-refractivity contribution in [3.8, 4) is 0 Å². The van der Waals surface area contributed by atoms with Crippen molar-refractivity contribution in [2.24, 2.45) is 11.3 Å². The lowest BCUT2D eigenvalue weighted by Crippen LogP contribution is -3.00. The molecular formula is C32H43Cl3N2O. The molecule has 0 N–H and O–H groups in total. The normalized spacial score (nSPS) is 26.0. The Morgan fingerprint density at radius 1 is 1.00 bits per heavy atom. The van der Waals surface area contributed by atoms with Crippen LogP contribution in [0.25, 0.3) is 0 Å². The van der Waals surface area contributed by atoms with Gasteiger partial charge in [0, 0.05) is 50.8 Å². The summed E-state index contributed by atoms with van der Waals surface area (Å²) in [5.41, 5.74) is 3.94. The fraction of sp³-hybridized carbons (Fsp3) is 0.594. The molecule has 2 bridgehead atoms. The van der Waals surface area contributed by atoms with Crippen LogP contribution in [0.5, 0.6) is 0 Å². The Kier molecular flexibility index (Phi) is 9.78. The second kappa shape index (κ2) is 12.5. The van der Waals surface area contributed by atoms with Gasteiger partial charge in [-0.3, -0.25) is 4.79 Å². The van der Waals surface area contributed by atoms with Crippen LogP contribution in [0.3, 0.4) is 0 Å². The average Bonchev–Trinajstić information content (AvgIpc) is 2.92. The van der Waals surface area contributed by atoms with Crippen molar-refractivity contribution in [3.05, 3.63) is 63.6 Å². The zero-order chi connectivity index (χ0) is 26.0. The molecule has 6 heteroatoms. The number of fused-ring (bicyclic) bond motifs is 3. The number of benzene rings is 2. The van der Waals surface area contributed by atoms with Gasteiger partial charge < -0.3 is 21.8 Å². The Hall–Kier alpha value is -1.26. The van der Waals surface area contributed by atoms with E-state index >= 15 is 0 Å². The van der Waals surface area contributed by atoms with Gasteiger partial charge in [-0.1, -0.05) is 66.7 Å². The number of rotatable bonds is 8. The Bertz CT molecular complexity index is 1090. The molecule has 4 aliphatic rings. The van der Waals surface area contributed by atoms with E-state index in [1.54, 1.807) is 6.92 Å². The van der Waals surface area contributed by atoms with E-state index in [0.29, 0.717) is 22.0 Å². The molecule has 0 aromatic heterocycles. The quantitative estimate of drug-likeness (QED) is 0.384. The molecule has 0 spiro atoms. The van der Waals surface area contributed by atoms with Crippen molar-refractivity contribution in [2.75, 3.05) is 37.6 Å². The number of amides is 1. The number of carbonyl (C=O) groups excluding carboxylic acids is 1. The first-order chi connectivity index (χ1) is 17.8. The van der Waals surface area contributed by atoms with Crippen LogP contribution in [0.1, 0.15) is 81.8 Å². The summed E-state index contributed by atoms with van der Waals surface area (Å²) >= 11 is 12.8. The predicted octanol–water partition coefficient (Wildman–Crippen LogP) is 5.41. The summed E-state index contributed by atoms with van der Waals surface area (Å²) in [6.07, 6.45) is 12.6. The van der Waals surface area contributed by atoms with Gasteiger partial charge in [0.25, 0.3) is 0 Å². The van der Waals surface area contributed by atoms with E-state index in [1.807, 2.05) is 29.2 Å². The largest absolute Gasteiger partial charge is 1.00 e. The summed E-state index contributed by atoms with van der Waals surface area (Å²) < 4.78 is 1.26. The maximum Gasteiger partial charge on any atom is 0.223 e. The standard InChI is InChI=1S/C32H43Cl2N2O.ClH/c1-24-8-6-7-11-31(24)35(25(2)37)23-27(26-12-13-29(33)30(34)22-26)14-18-36-19-15-32(16-20-36,17-21-36)28-9-4-3-5-10-28;/h6-8,11-13,22,27-28H,3-5,9-10,14-21,23H2,1-2H3;1H/q+1;/p-1. The molecule has 38 heavy (non-hydrogen) atoms. The van der Waals surface area contributed by atoms with Crippen molar-refractivity contribution in [2.45, 2.75) is 77.6 Å². The molecule has 3 aliphatic heterocycles. The molecule has 3 saturated heterocycles. The highest BCUT2D eigenvalue weighted by Crippen LogP contribution is 2.53. The molecule has 0 radical (unpaired) electrons. The number of halogens is 3. The van der Waals surface area contributed by atoms with Gasteiger partial charge in [0.15, 0.2) is 0 Å². The van der Waals surface area contributed by atoms with Crippen molar-refractivity contribution in [1.29, 1.82) is 0 Å². The van der Waals surface area contributed by atoms with Crippen LogP contribution in [0.15, 0.2) is 42.5 Å². The molecule has 1 saturated carbocycles. The Morgan fingerprint density at radius 2 is 1.66 bits per heavy atom. The Labute approximate surface area is 245 Å². The minimum absolute atomic E-state index is 0. The minimum atomic E-state index is 0. The van der Waals surface area contributed by atoms with E-state index in [0.717, 1.165) is 23.6 Å². The molecule has 2 aromatic carbocycles. The van der Waals surface area contributed by atoms with E-state index < -0.39 is 0 Å². The third-order valence-corrected chi connectivity index (χ3v) is 11.0. The third kappa shape index (κ3) is 6.22. The topological polar surface area (TPSA) is 20.3 Å². The lowest BCUT2D eigenvalue weighted by atomic mass is 9.59. The van der Waals surface area contributed by atoms with Crippen LogP contribution in [0, 0.1) is 18.3 Å². The van der Waals surface area contributed by atoms with Crippen molar-refractivity contribution < 1.29 is 21.7 Å². The molecule has 3 nitrogen and oxygen atoms in total. The summed E-state index contributed by atoms with van der Waals surface area (Å²) in [5.74, 6) is 1.27. The summed E-state index contributed by atoms with van der Waals surface area (Å²) in [6, 6.07) is 14.2. The number of hydrogen-bond donors (Lipinski definition) is 0. The van der Waals surface area contributed by atoms with Crippen molar-refractivity contribution in [1.82, 2.24) is 0 Å². The Morgan fingerprint density at radius 3 is 2.26 bits per heavy atom. The molecule has 1 atom stereocenters. The smallest absolute Gasteiger partial charge is 0.223 e. The van der Waals surface area contributed by atoms with Crippen LogP contribution >= 0.6 is 23.2 Å². The van der Waals surface area contributed by atoms with Gasteiger partial charge >= 0.3 is 0 Å². The molecule has 1 amide bonds. The summed E-state index contributed by atoms with van der Waals surface area (Å²) in [6.45, 7) is 9.59. The first kappa shape index (κ1) is 29.7. The maximum absolute atomic E-state index is 12.9. The van der Waals surface area contributed by atoms with E-state index in [4.69, 9.17) is 23.2 Å². The number of aryl methyl sites for hydroxylation is 1. The number of anilines is 1. The number of nitrogens with zero attached hydrogens (tertiary/aromatic N) is 2. The van der Waals surface area contributed by atoms with Gasteiger partial charge in [-0.05, 0) is 60.4 Å². The van der Waals surface area contributed by atoms with Gasteiger partial charge in [-0.15, -0.1) is 0 Å². The molecule has 3 heterocycles. The van der Waals surface area contributed by atoms with Crippen molar-refractivity contribution >= 4 is 34.8 Å². The zero-order valence-electron chi connectivity index (χ0n) is 23.0. The summed E-state index contributed by atoms with van der Waals surface area (Å²) in [4.78, 5) is 14.8. The molecule has 208 valence electrons. The number of para-hydroxylation sites is 1. The molecule has 4 fully saturated rings. The lowest BCUT2D eigenvalue weighted by molar-refractivity contribution is -0.946. The number of quaternary nitrogens is 1. The zero-order valence-corrected chi connectivity index (χ0v) is 25.3. The molecular weight excluding hydrogens is 535 g/mol. The number of carbonyl (C=O) groups is 1. The molecule has 6 rings (SSSR count). The van der Waals surface area contributed by atoms with Gasteiger partial charge in [0.2, 0.25) is 5.91 Å². The SMILES string of the molecule is CC(=O)N(CC(CC[N+]12CCC(C3CCCCC3)(CC1)CC2)c1ccc(Cl)c(Cl)c1)c1ccccc1C.[Cl-]. The van der Waals surface area contributed by atoms with Crippen LogP contribution < -0.4 is 17.3 Å². The van der Waals surface area contributed by atoms with E-state index in [-0.39, 0.29) is 24.2 Å². The maximum atomic E-state index is 12.9. The highest BCUT2D eigenvalue weighted by molar-refractivity contribution is 6.42. The first-order valence-electron chi connectivity index (χ1n) is 14.4. The highest BCUT2D eigenvalue weighted by Gasteiger charge is 2.52.